The Bertz CT molecular complexity index is 793. The molecule has 1 aliphatic heterocycles. The van der Waals surface area contributed by atoms with Crippen LogP contribution < -0.4 is 5.32 Å². The number of hydrogen-bond acceptors (Lipinski definition) is 5. The van der Waals surface area contributed by atoms with Crippen LogP contribution in [-0.2, 0) is 16.0 Å². The van der Waals surface area contributed by atoms with Crippen molar-refractivity contribution in [2.24, 2.45) is 5.92 Å². The van der Waals surface area contributed by atoms with Crippen LogP contribution in [-0.4, -0.2) is 53.7 Å². The number of carbonyl (C=O) groups is 1. The summed E-state index contributed by atoms with van der Waals surface area (Å²) in [5, 5.41) is 6.26. The van der Waals surface area contributed by atoms with Gasteiger partial charge in [0.05, 0.1) is 23.9 Å². The zero-order chi connectivity index (χ0) is 21.0. The van der Waals surface area contributed by atoms with E-state index < -0.39 is 0 Å². The SMILES string of the molecule is Cc1ccc(-c2nc(CCNC(=O)C(C(C)C)N3CC(C)OC(C)C3)cs2)cc1. The molecule has 0 saturated carbocycles. The maximum atomic E-state index is 12.9. The first-order valence-electron chi connectivity index (χ1n) is 10.5. The summed E-state index contributed by atoms with van der Waals surface area (Å²) in [7, 11) is 0. The smallest absolute Gasteiger partial charge is 0.237 e. The molecule has 1 saturated heterocycles. The van der Waals surface area contributed by atoms with Gasteiger partial charge < -0.3 is 10.1 Å². The fourth-order valence-electron chi connectivity index (χ4n) is 4.00. The predicted octanol–water partition coefficient (Wildman–Crippen LogP) is 3.91. The molecule has 1 amide bonds. The summed E-state index contributed by atoms with van der Waals surface area (Å²) >= 11 is 1.66. The van der Waals surface area contributed by atoms with Crippen LogP contribution in [0.25, 0.3) is 10.6 Å². The van der Waals surface area contributed by atoms with E-state index in [9.17, 15) is 4.79 Å². The van der Waals surface area contributed by atoms with Crippen LogP contribution in [0.5, 0.6) is 0 Å². The first kappa shape index (κ1) is 21.9. The van der Waals surface area contributed by atoms with Gasteiger partial charge in [-0.2, -0.15) is 0 Å². The highest BCUT2D eigenvalue weighted by atomic mass is 32.1. The van der Waals surface area contributed by atoms with E-state index >= 15 is 0 Å². The van der Waals surface area contributed by atoms with Gasteiger partial charge in [0.2, 0.25) is 5.91 Å². The lowest BCUT2D eigenvalue weighted by Gasteiger charge is -2.41. The van der Waals surface area contributed by atoms with Gasteiger partial charge in [0.1, 0.15) is 5.01 Å². The van der Waals surface area contributed by atoms with E-state index in [2.05, 4.69) is 74.5 Å². The number of aromatic nitrogens is 1. The van der Waals surface area contributed by atoms with Crippen molar-refractivity contribution < 1.29 is 9.53 Å². The van der Waals surface area contributed by atoms with E-state index in [0.29, 0.717) is 6.54 Å². The van der Waals surface area contributed by atoms with Crippen molar-refractivity contribution in [1.82, 2.24) is 15.2 Å². The number of rotatable bonds is 7. The van der Waals surface area contributed by atoms with Crippen molar-refractivity contribution in [1.29, 1.82) is 0 Å². The summed E-state index contributed by atoms with van der Waals surface area (Å²) in [4.78, 5) is 19.9. The second-order valence-corrected chi connectivity index (χ2v) is 9.31. The van der Waals surface area contributed by atoms with Gasteiger partial charge in [-0.05, 0) is 26.7 Å². The Morgan fingerprint density at radius 2 is 1.90 bits per heavy atom. The zero-order valence-electron chi connectivity index (χ0n) is 18.1. The normalized spacial score (nSPS) is 21.3. The number of thiazole rings is 1. The molecule has 0 radical (unpaired) electrons. The van der Waals surface area contributed by atoms with E-state index in [-0.39, 0.29) is 30.1 Å². The van der Waals surface area contributed by atoms with Crippen LogP contribution in [0.1, 0.15) is 39.0 Å². The monoisotopic (exact) mass is 415 g/mol. The van der Waals surface area contributed by atoms with Gasteiger partial charge in [-0.25, -0.2) is 4.98 Å². The molecule has 1 aromatic heterocycles. The Kier molecular flexibility index (Phi) is 7.44. The molecule has 29 heavy (non-hydrogen) atoms. The van der Waals surface area contributed by atoms with Gasteiger partial charge in [0.25, 0.3) is 0 Å². The Hall–Kier alpha value is -1.76. The number of ether oxygens (including phenoxy) is 1. The second-order valence-electron chi connectivity index (χ2n) is 8.45. The maximum Gasteiger partial charge on any atom is 0.237 e. The molecule has 5 nitrogen and oxygen atoms in total. The van der Waals surface area contributed by atoms with Crippen molar-refractivity contribution in [2.75, 3.05) is 19.6 Å². The lowest BCUT2D eigenvalue weighted by Crippen LogP contribution is -2.57. The average molecular weight is 416 g/mol. The van der Waals surface area contributed by atoms with E-state index in [1.54, 1.807) is 11.3 Å². The fraction of sp³-hybridized carbons (Fsp3) is 0.565. The summed E-state index contributed by atoms with van der Waals surface area (Å²) in [5.74, 6) is 0.357. The van der Waals surface area contributed by atoms with E-state index in [1.807, 2.05) is 0 Å². The molecule has 3 rings (SSSR count). The molecule has 3 atom stereocenters. The third kappa shape index (κ3) is 5.87. The first-order valence-corrected chi connectivity index (χ1v) is 11.4. The summed E-state index contributed by atoms with van der Waals surface area (Å²) in [6.45, 7) is 12.7. The number of nitrogens with one attached hydrogen (secondary N) is 1. The highest BCUT2D eigenvalue weighted by Crippen LogP contribution is 2.24. The molecule has 158 valence electrons. The highest BCUT2D eigenvalue weighted by molar-refractivity contribution is 7.13. The van der Waals surface area contributed by atoms with Gasteiger partial charge >= 0.3 is 0 Å². The number of nitrogens with zero attached hydrogens (tertiary/aromatic N) is 2. The summed E-state index contributed by atoms with van der Waals surface area (Å²) in [6.07, 6.45) is 1.06. The molecule has 0 bridgehead atoms. The third-order valence-electron chi connectivity index (χ3n) is 5.27. The van der Waals surface area contributed by atoms with E-state index in [1.165, 1.54) is 5.56 Å². The maximum absolute atomic E-state index is 12.9. The third-order valence-corrected chi connectivity index (χ3v) is 6.21. The molecule has 1 N–H and O–H groups in total. The number of aryl methyl sites for hydroxylation is 1. The molecule has 1 aliphatic rings. The van der Waals surface area contributed by atoms with Crippen LogP contribution in [0.3, 0.4) is 0 Å². The first-order chi connectivity index (χ1) is 13.8. The zero-order valence-corrected chi connectivity index (χ0v) is 19.0. The number of benzene rings is 1. The molecule has 2 aromatic rings. The largest absolute Gasteiger partial charge is 0.373 e. The molecule has 6 heteroatoms. The Labute approximate surface area is 178 Å². The number of amides is 1. The van der Waals surface area contributed by atoms with Crippen molar-refractivity contribution in [3.8, 4) is 10.6 Å². The van der Waals surface area contributed by atoms with E-state index in [0.717, 1.165) is 35.8 Å². The van der Waals surface area contributed by atoms with Crippen LogP contribution in [0.4, 0.5) is 0 Å². The summed E-state index contributed by atoms with van der Waals surface area (Å²) in [5.41, 5.74) is 3.42. The minimum Gasteiger partial charge on any atom is -0.373 e. The fourth-order valence-corrected chi connectivity index (χ4v) is 4.86. The molecule has 1 fully saturated rings. The van der Waals surface area contributed by atoms with Crippen LogP contribution in [0.2, 0.25) is 0 Å². The van der Waals surface area contributed by atoms with Crippen molar-refractivity contribution in [3.05, 3.63) is 40.9 Å². The van der Waals surface area contributed by atoms with Crippen molar-refractivity contribution >= 4 is 17.2 Å². The van der Waals surface area contributed by atoms with Crippen LogP contribution >= 0.6 is 11.3 Å². The van der Waals surface area contributed by atoms with Gasteiger partial charge in [-0.15, -0.1) is 11.3 Å². The standard InChI is InChI=1S/C23H33N3O2S/c1-15(2)21(26-12-17(4)28-18(5)13-26)22(27)24-11-10-20-14-29-23(25-20)19-8-6-16(3)7-9-19/h6-9,14-15,17-18,21H,10-13H2,1-5H3,(H,24,27). The van der Waals surface area contributed by atoms with E-state index in [4.69, 9.17) is 9.72 Å². The van der Waals surface area contributed by atoms with Gasteiger partial charge in [0.15, 0.2) is 0 Å². The number of morpholine rings is 1. The minimum atomic E-state index is -0.123. The summed E-state index contributed by atoms with van der Waals surface area (Å²) < 4.78 is 5.83. The van der Waals surface area contributed by atoms with Crippen molar-refractivity contribution in [2.45, 2.75) is 59.3 Å². The minimum absolute atomic E-state index is 0.107. The summed E-state index contributed by atoms with van der Waals surface area (Å²) in [6, 6.07) is 8.31. The van der Waals surface area contributed by atoms with Gasteiger partial charge in [-0.3, -0.25) is 9.69 Å². The Balaban J connectivity index is 1.55. The molecule has 0 aliphatic carbocycles. The number of carbonyl (C=O) groups excluding carboxylic acids is 1. The number of hydrogen-bond donors (Lipinski definition) is 1. The van der Waals surface area contributed by atoms with Crippen molar-refractivity contribution in [3.63, 3.8) is 0 Å². The molecule has 1 aromatic carbocycles. The van der Waals surface area contributed by atoms with Crippen LogP contribution in [0.15, 0.2) is 29.6 Å². The quantitative estimate of drug-likeness (QED) is 0.745. The second kappa shape index (κ2) is 9.83. The molecule has 3 unspecified atom stereocenters. The molecular formula is C23H33N3O2S. The van der Waals surface area contributed by atoms with Gasteiger partial charge in [-0.1, -0.05) is 43.7 Å². The molecule has 0 spiro atoms. The Morgan fingerprint density at radius 1 is 1.24 bits per heavy atom. The van der Waals surface area contributed by atoms with Crippen LogP contribution in [0, 0.1) is 12.8 Å². The molecular weight excluding hydrogens is 382 g/mol. The lowest BCUT2D eigenvalue weighted by molar-refractivity contribution is -0.135. The molecule has 2 heterocycles. The highest BCUT2D eigenvalue weighted by Gasteiger charge is 2.33. The Morgan fingerprint density at radius 3 is 2.52 bits per heavy atom. The average Bonchev–Trinajstić information content (AvgIpc) is 3.10. The van der Waals surface area contributed by atoms with Gasteiger partial charge in [0, 0.05) is 37.0 Å². The topological polar surface area (TPSA) is 54.5 Å². The predicted molar refractivity (Wildman–Crippen MR) is 119 cm³/mol. The lowest BCUT2D eigenvalue weighted by atomic mass is 9.99.